The topological polar surface area (TPSA) is 44.5 Å². The molecule has 0 aliphatic heterocycles. The number of para-hydroxylation sites is 1. The summed E-state index contributed by atoms with van der Waals surface area (Å²) in [7, 11) is 0. The molecule has 2 N–H and O–H groups in total. The van der Waals surface area contributed by atoms with Crippen molar-refractivity contribution in [1.29, 1.82) is 0 Å². The number of rotatable bonds is 5. The van der Waals surface area contributed by atoms with E-state index in [2.05, 4.69) is 11.8 Å². The van der Waals surface area contributed by atoms with Crippen LogP contribution in [0.25, 0.3) is 0 Å². The highest BCUT2D eigenvalue weighted by Gasteiger charge is 2.09. The van der Waals surface area contributed by atoms with Gasteiger partial charge in [0, 0.05) is 12.1 Å². The van der Waals surface area contributed by atoms with Crippen LogP contribution in [0.2, 0.25) is 0 Å². The second kappa shape index (κ2) is 6.76. The van der Waals surface area contributed by atoms with Crippen LogP contribution in [-0.2, 0) is 6.54 Å². The molecule has 0 aliphatic rings. The van der Waals surface area contributed by atoms with Gasteiger partial charge in [0.15, 0.2) is 11.5 Å². The van der Waals surface area contributed by atoms with Gasteiger partial charge in [0.1, 0.15) is 6.61 Å². The average molecular weight is 219 g/mol. The van der Waals surface area contributed by atoms with Crippen molar-refractivity contribution in [3.05, 3.63) is 23.8 Å². The van der Waals surface area contributed by atoms with Crippen molar-refractivity contribution < 1.29 is 9.47 Å². The van der Waals surface area contributed by atoms with Crippen molar-refractivity contribution >= 4 is 0 Å². The summed E-state index contributed by atoms with van der Waals surface area (Å²) in [4.78, 5) is 0. The lowest BCUT2D eigenvalue weighted by atomic mass is 10.2. The molecule has 1 aromatic rings. The molecule has 1 aromatic carbocycles. The molecule has 1 rings (SSSR count). The van der Waals surface area contributed by atoms with E-state index in [1.54, 1.807) is 6.92 Å². The summed E-state index contributed by atoms with van der Waals surface area (Å²) in [5, 5.41) is 0. The zero-order valence-corrected chi connectivity index (χ0v) is 9.75. The third kappa shape index (κ3) is 3.18. The zero-order chi connectivity index (χ0) is 11.8. The van der Waals surface area contributed by atoms with E-state index in [1.807, 2.05) is 25.1 Å². The van der Waals surface area contributed by atoms with Gasteiger partial charge in [-0.3, -0.25) is 0 Å². The van der Waals surface area contributed by atoms with Crippen LogP contribution >= 0.6 is 0 Å². The van der Waals surface area contributed by atoms with Crippen LogP contribution in [0.15, 0.2) is 18.2 Å². The minimum absolute atomic E-state index is 0.355. The van der Waals surface area contributed by atoms with E-state index in [0.717, 1.165) is 11.3 Å². The third-order valence-corrected chi connectivity index (χ3v) is 2.05. The van der Waals surface area contributed by atoms with Crippen LogP contribution in [0.4, 0.5) is 0 Å². The van der Waals surface area contributed by atoms with Crippen molar-refractivity contribution in [2.75, 3.05) is 13.2 Å². The Balaban J connectivity index is 2.92. The Kier molecular flexibility index (Phi) is 5.24. The zero-order valence-electron chi connectivity index (χ0n) is 9.75. The first-order valence-electron chi connectivity index (χ1n) is 5.30. The second-order valence-corrected chi connectivity index (χ2v) is 3.10. The third-order valence-electron chi connectivity index (χ3n) is 2.05. The van der Waals surface area contributed by atoms with Gasteiger partial charge in [-0.2, -0.15) is 0 Å². The highest BCUT2D eigenvalue weighted by molar-refractivity contribution is 5.46. The first-order chi connectivity index (χ1) is 7.83. The largest absolute Gasteiger partial charge is 0.490 e. The summed E-state index contributed by atoms with van der Waals surface area (Å²) < 4.78 is 11.1. The molecular weight excluding hydrogens is 202 g/mol. The lowest BCUT2D eigenvalue weighted by Gasteiger charge is -2.13. The van der Waals surface area contributed by atoms with E-state index in [4.69, 9.17) is 15.2 Å². The lowest BCUT2D eigenvalue weighted by Crippen LogP contribution is -2.05. The fraction of sp³-hybridized carbons (Fsp3) is 0.385. The molecule has 0 saturated heterocycles. The highest BCUT2D eigenvalue weighted by Crippen LogP contribution is 2.30. The Bertz CT molecular complexity index is 391. The van der Waals surface area contributed by atoms with Crippen LogP contribution < -0.4 is 15.2 Å². The molecule has 0 atom stereocenters. The van der Waals surface area contributed by atoms with Crippen molar-refractivity contribution in [2.45, 2.75) is 20.4 Å². The molecule has 0 spiro atoms. The second-order valence-electron chi connectivity index (χ2n) is 3.10. The molecule has 0 unspecified atom stereocenters. The standard InChI is InChI=1S/C13H17NO2/c1-3-5-9-16-13-11(10-14)7-6-8-12(13)15-4-2/h6-8H,4,9-10,14H2,1-2H3. The van der Waals surface area contributed by atoms with Crippen molar-refractivity contribution in [1.82, 2.24) is 0 Å². The van der Waals surface area contributed by atoms with E-state index < -0.39 is 0 Å². The summed E-state index contributed by atoms with van der Waals surface area (Å²) in [5.41, 5.74) is 6.58. The van der Waals surface area contributed by atoms with Gasteiger partial charge in [0.05, 0.1) is 6.61 Å². The monoisotopic (exact) mass is 219 g/mol. The molecule has 16 heavy (non-hydrogen) atoms. The maximum absolute atomic E-state index is 5.65. The van der Waals surface area contributed by atoms with E-state index in [-0.39, 0.29) is 0 Å². The molecule has 3 nitrogen and oxygen atoms in total. The summed E-state index contributed by atoms with van der Waals surface area (Å²) in [6.07, 6.45) is 0. The van der Waals surface area contributed by atoms with Crippen molar-refractivity contribution in [3.63, 3.8) is 0 Å². The Morgan fingerprint density at radius 2 is 2.12 bits per heavy atom. The molecule has 0 fully saturated rings. The number of ether oxygens (including phenoxy) is 2. The van der Waals surface area contributed by atoms with E-state index in [0.29, 0.717) is 25.5 Å². The Labute approximate surface area is 96.6 Å². The van der Waals surface area contributed by atoms with Gasteiger partial charge in [-0.05, 0) is 19.9 Å². The summed E-state index contributed by atoms with van der Waals surface area (Å²) in [6.45, 7) is 5.10. The van der Waals surface area contributed by atoms with Crippen LogP contribution in [-0.4, -0.2) is 13.2 Å². The smallest absolute Gasteiger partial charge is 0.167 e. The molecule has 0 aliphatic carbocycles. The lowest BCUT2D eigenvalue weighted by molar-refractivity contribution is 0.297. The fourth-order valence-corrected chi connectivity index (χ4v) is 1.34. The number of hydrogen-bond donors (Lipinski definition) is 1. The molecular formula is C13H17NO2. The molecule has 0 heterocycles. The molecule has 86 valence electrons. The Hall–Kier alpha value is -1.66. The molecule has 0 radical (unpaired) electrons. The first kappa shape index (κ1) is 12.4. The summed E-state index contributed by atoms with van der Waals surface area (Å²) in [5.74, 6) is 7.06. The Morgan fingerprint density at radius 1 is 1.31 bits per heavy atom. The van der Waals surface area contributed by atoms with Gasteiger partial charge < -0.3 is 15.2 Å². The summed E-state index contributed by atoms with van der Waals surface area (Å²) in [6, 6.07) is 5.71. The Morgan fingerprint density at radius 3 is 2.75 bits per heavy atom. The van der Waals surface area contributed by atoms with Crippen LogP contribution in [0, 0.1) is 11.8 Å². The molecule has 0 aromatic heterocycles. The maximum Gasteiger partial charge on any atom is 0.167 e. The van der Waals surface area contributed by atoms with E-state index in [1.165, 1.54) is 0 Å². The predicted octanol–water partition coefficient (Wildman–Crippen LogP) is 1.95. The van der Waals surface area contributed by atoms with Crippen molar-refractivity contribution in [3.8, 4) is 23.3 Å². The van der Waals surface area contributed by atoms with Gasteiger partial charge in [-0.1, -0.05) is 18.1 Å². The van der Waals surface area contributed by atoms with Gasteiger partial charge in [0.2, 0.25) is 0 Å². The van der Waals surface area contributed by atoms with Crippen LogP contribution in [0.5, 0.6) is 11.5 Å². The number of benzene rings is 1. The minimum Gasteiger partial charge on any atom is -0.490 e. The summed E-state index contributed by atoms with van der Waals surface area (Å²) >= 11 is 0. The van der Waals surface area contributed by atoms with Crippen LogP contribution in [0.3, 0.4) is 0 Å². The highest BCUT2D eigenvalue weighted by atomic mass is 16.5. The minimum atomic E-state index is 0.355. The SMILES string of the molecule is CC#CCOc1c(CN)cccc1OCC. The van der Waals surface area contributed by atoms with Gasteiger partial charge in [0.25, 0.3) is 0 Å². The number of nitrogens with two attached hydrogens (primary N) is 1. The molecule has 0 bridgehead atoms. The fourth-order valence-electron chi connectivity index (χ4n) is 1.34. The maximum atomic E-state index is 5.65. The molecule has 0 amide bonds. The first-order valence-corrected chi connectivity index (χ1v) is 5.30. The number of hydrogen-bond acceptors (Lipinski definition) is 3. The van der Waals surface area contributed by atoms with Gasteiger partial charge in [-0.15, -0.1) is 5.92 Å². The average Bonchev–Trinajstić information content (AvgIpc) is 2.31. The van der Waals surface area contributed by atoms with E-state index in [9.17, 15) is 0 Å². The predicted molar refractivity (Wildman–Crippen MR) is 64.4 cm³/mol. The van der Waals surface area contributed by atoms with Crippen molar-refractivity contribution in [2.24, 2.45) is 5.73 Å². The van der Waals surface area contributed by atoms with E-state index >= 15 is 0 Å². The quantitative estimate of drug-likeness (QED) is 0.770. The molecule has 3 heteroatoms. The molecule has 0 saturated carbocycles. The normalized spacial score (nSPS) is 9.19. The van der Waals surface area contributed by atoms with Crippen LogP contribution in [0.1, 0.15) is 19.4 Å². The van der Waals surface area contributed by atoms with Gasteiger partial charge >= 0.3 is 0 Å². The van der Waals surface area contributed by atoms with Gasteiger partial charge in [-0.25, -0.2) is 0 Å².